The Morgan fingerprint density at radius 1 is 1.37 bits per heavy atom. The molecule has 1 fully saturated rings. The number of ether oxygens (including phenoxy) is 1. The summed E-state index contributed by atoms with van der Waals surface area (Å²) in [7, 11) is 2.00. The van der Waals surface area contributed by atoms with E-state index in [1.807, 2.05) is 19.2 Å². The van der Waals surface area contributed by atoms with Crippen molar-refractivity contribution in [3.8, 4) is 0 Å². The lowest BCUT2D eigenvalue weighted by Gasteiger charge is -2.20. The molecular formula is C13H16Cl2N2O2. The second-order valence-electron chi connectivity index (χ2n) is 4.59. The SMILES string of the molecule is CN(CCN1CCOC1=O)Cc1ccc(Cl)c(Cl)c1. The smallest absolute Gasteiger partial charge is 0.409 e. The fourth-order valence-corrected chi connectivity index (χ4v) is 2.27. The number of amides is 1. The van der Waals surface area contributed by atoms with Crippen LogP contribution in [0.5, 0.6) is 0 Å². The van der Waals surface area contributed by atoms with Crippen molar-refractivity contribution in [2.45, 2.75) is 6.54 Å². The van der Waals surface area contributed by atoms with E-state index >= 15 is 0 Å². The van der Waals surface area contributed by atoms with Gasteiger partial charge < -0.3 is 14.5 Å². The summed E-state index contributed by atoms with van der Waals surface area (Å²) in [6, 6.07) is 5.62. The van der Waals surface area contributed by atoms with Crippen LogP contribution in [-0.4, -0.2) is 49.2 Å². The fraction of sp³-hybridized carbons (Fsp3) is 0.462. The van der Waals surface area contributed by atoms with E-state index in [9.17, 15) is 4.79 Å². The number of nitrogens with zero attached hydrogens (tertiary/aromatic N) is 2. The van der Waals surface area contributed by atoms with Crippen molar-refractivity contribution < 1.29 is 9.53 Å². The summed E-state index contributed by atoms with van der Waals surface area (Å²) < 4.78 is 4.88. The molecular weight excluding hydrogens is 287 g/mol. The quantitative estimate of drug-likeness (QED) is 0.838. The average molecular weight is 303 g/mol. The molecule has 0 N–H and O–H groups in total. The summed E-state index contributed by atoms with van der Waals surface area (Å²) in [5, 5.41) is 1.13. The van der Waals surface area contributed by atoms with Crippen LogP contribution >= 0.6 is 23.2 Å². The fourth-order valence-electron chi connectivity index (χ4n) is 1.95. The Bertz CT molecular complexity index is 468. The molecule has 1 amide bonds. The highest BCUT2D eigenvalue weighted by Crippen LogP contribution is 2.23. The number of rotatable bonds is 5. The van der Waals surface area contributed by atoms with E-state index < -0.39 is 0 Å². The van der Waals surface area contributed by atoms with Crippen molar-refractivity contribution in [1.29, 1.82) is 0 Å². The molecule has 1 aliphatic rings. The first-order valence-corrected chi connectivity index (χ1v) is 6.86. The molecule has 0 aromatic heterocycles. The predicted octanol–water partition coefficient (Wildman–Crippen LogP) is 2.88. The van der Waals surface area contributed by atoms with Gasteiger partial charge in [0.25, 0.3) is 0 Å². The molecule has 1 aromatic carbocycles. The molecule has 1 aliphatic heterocycles. The second kappa shape index (κ2) is 6.46. The van der Waals surface area contributed by atoms with Crippen molar-refractivity contribution in [1.82, 2.24) is 9.80 Å². The summed E-state index contributed by atoms with van der Waals surface area (Å²) in [5.41, 5.74) is 1.10. The summed E-state index contributed by atoms with van der Waals surface area (Å²) in [4.78, 5) is 15.1. The first-order valence-electron chi connectivity index (χ1n) is 6.10. The summed E-state index contributed by atoms with van der Waals surface area (Å²) in [6.07, 6.45) is -0.220. The van der Waals surface area contributed by atoms with E-state index in [4.69, 9.17) is 27.9 Å². The van der Waals surface area contributed by atoms with Crippen molar-refractivity contribution in [2.24, 2.45) is 0 Å². The van der Waals surface area contributed by atoms with Gasteiger partial charge in [-0.3, -0.25) is 0 Å². The van der Waals surface area contributed by atoms with Gasteiger partial charge in [-0.1, -0.05) is 29.3 Å². The lowest BCUT2D eigenvalue weighted by Crippen LogP contribution is -2.33. The molecule has 1 saturated heterocycles. The third-order valence-corrected chi connectivity index (χ3v) is 3.77. The van der Waals surface area contributed by atoms with Crippen molar-refractivity contribution in [3.63, 3.8) is 0 Å². The van der Waals surface area contributed by atoms with E-state index in [-0.39, 0.29) is 6.09 Å². The number of carbonyl (C=O) groups is 1. The number of benzene rings is 1. The summed E-state index contributed by atoms with van der Waals surface area (Å²) in [6.45, 7) is 3.40. The number of carbonyl (C=O) groups excluding carboxylic acids is 1. The normalized spacial score (nSPS) is 15.2. The molecule has 0 unspecified atom stereocenters. The molecule has 0 radical (unpaired) electrons. The molecule has 0 aliphatic carbocycles. The zero-order valence-corrected chi connectivity index (χ0v) is 12.2. The summed E-state index contributed by atoms with van der Waals surface area (Å²) in [5.74, 6) is 0. The maximum Gasteiger partial charge on any atom is 0.409 e. The minimum atomic E-state index is -0.220. The van der Waals surface area contributed by atoms with Gasteiger partial charge in [-0.05, 0) is 24.7 Å². The highest BCUT2D eigenvalue weighted by molar-refractivity contribution is 6.42. The molecule has 0 bridgehead atoms. The van der Waals surface area contributed by atoms with Gasteiger partial charge in [-0.25, -0.2) is 4.79 Å². The van der Waals surface area contributed by atoms with Crippen LogP contribution in [0.3, 0.4) is 0 Å². The lowest BCUT2D eigenvalue weighted by molar-refractivity contribution is 0.155. The third kappa shape index (κ3) is 4.00. The van der Waals surface area contributed by atoms with E-state index in [1.54, 1.807) is 11.0 Å². The molecule has 104 valence electrons. The van der Waals surface area contributed by atoms with E-state index in [0.29, 0.717) is 29.7 Å². The van der Waals surface area contributed by atoms with Crippen molar-refractivity contribution >= 4 is 29.3 Å². The highest BCUT2D eigenvalue weighted by atomic mass is 35.5. The lowest BCUT2D eigenvalue weighted by atomic mass is 10.2. The van der Waals surface area contributed by atoms with Crippen LogP contribution in [0.4, 0.5) is 4.79 Å². The van der Waals surface area contributed by atoms with E-state index in [1.165, 1.54) is 0 Å². The van der Waals surface area contributed by atoms with Gasteiger partial charge in [-0.2, -0.15) is 0 Å². The molecule has 4 nitrogen and oxygen atoms in total. The third-order valence-electron chi connectivity index (χ3n) is 3.03. The molecule has 0 spiro atoms. The predicted molar refractivity (Wildman–Crippen MR) is 75.7 cm³/mol. The Morgan fingerprint density at radius 3 is 2.79 bits per heavy atom. The molecule has 0 atom stereocenters. The van der Waals surface area contributed by atoms with Gasteiger partial charge in [0, 0.05) is 19.6 Å². The van der Waals surface area contributed by atoms with Gasteiger partial charge in [-0.15, -0.1) is 0 Å². The first kappa shape index (κ1) is 14.4. The maximum atomic E-state index is 11.3. The number of hydrogen-bond acceptors (Lipinski definition) is 3. The van der Waals surface area contributed by atoms with Gasteiger partial charge in [0.2, 0.25) is 0 Å². The Labute approximate surface area is 122 Å². The van der Waals surface area contributed by atoms with E-state index in [0.717, 1.165) is 18.7 Å². The van der Waals surface area contributed by atoms with Crippen LogP contribution in [0.25, 0.3) is 0 Å². The van der Waals surface area contributed by atoms with Crippen LogP contribution in [-0.2, 0) is 11.3 Å². The summed E-state index contributed by atoms with van der Waals surface area (Å²) >= 11 is 11.9. The minimum absolute atomic E-state index is 0.220. The maximum absolute atomic E-state index is 11.3. The van der Waals surface area contributed by atoms with Crippen LogP contribution < -0.4 is 0 Å². The Morgan fingerprint density at radius 2 is 2.16 bits per heavy atom. The molecule has 1 aromatic rings. The number of hydrogen-bond donors (Lipinski definition) is 0. The van der Waals surface area contributed by atoms with Gasteiger partial charge in [0.1, 0.15) is 6.61 Å². The molecule has 1 heterocycles. The van der Waals surface area contributed by atoms with Gasteiger partial charge in [0.05, 0.1) is 16.6 Å². The van der Waals surface area contributed by atoms with Crippen molar-refractivity contribution in [2.75, 3.05) is 33.3 Å². The van der Waals surface area contributed by atoms with Crippen LogP contribution in [0.2, 0.25) is 10.0 Å². The molecule has 2 rings (SSSR count). The van der Waals surface area contributed by atoms with Crippen LogP contribution in [0, 0.1) is 0 Å². The van der Waals surface area contributed by atoms with Gasteiger partial charge in [0.15, 0.2) is 0 Å². The van der Waals surface area contributed by atoms with Crippen molar-refractivity contribution in [3.05, 3.63) is 33.8 Å². The second-order valence-corrected chi connectivity index (χ2v) is 5.40. The molecule has 6 heteroatoms. The monoisotopic (exact) mass is 302 g/mol. The van der Waals surface area contributed by atoms with Gasteiger partial charge >= 0.3 is 6.09 Å². The topological polar surface area (TPSA) is 32.8 Å². The number of cyclic esters (lactones) is 1. The standard InChI is InChI=1S/C13H16Cl2N2O2/c1-16(4-5-17-6-7-19-13(17)18)9-10-2-3-11(14)12(15)8-10/h2-3,8H,4-7,9H2,1H3. The van der Waals surface area contributed by atoms with Crippen LogP contribution in [0.1, 0.15) is 5.56 Å². The Kier molecular flexibility index (Phi) is 4.91. The van der Waals surface area contributed by atoms with E-state index in [2.05, 4.69) is 4.90 Å². The average Bonchev–Trinajstić information content (AvgIpc) is 2.77. The molecule has 0 saturated carbocycles. The largest absolute Gasteiger partial charge is 0.448 e. The number of halogens is 2. The van der Waals surface area contributed by atoms with Crippen LogP contribution in [0.15, 0.2) is 18.2 Å². The Hall–Kier alpha value is -0.970. The molecule has 19 heavy (non-hydrogen) atoms. The zero-order chi connectivity index (χ0) is 13.8. The minimum Gasteiger partial charge on any atom is -0.448 e. The zero-order valence-electron chi connectivity index (χ0n) is 10.7. The highest BCUT2D eigenvalue weighted by Gasteiger charge is 2.21. The Balaban J connectivity index is 1.81. The first-order chi connectivity index (χ1) is 9.06. The number of likely N-dealkylation sites (N-methyl/N-ethyl adjacent to an activating group) is 1.